The Bertz CT molecular complexity index is 544. The zero-order valence-corrected chi connectivity index (χ0v) is 12.8. The molecule has 0 bridgehead atoms. The Morgan fingerprint density at radius 3 is 2.71 bits per heavy atom. The smallest absolute Gasteiger partial charge is 0.306 e. The third kappa shape index (κ3) is 3.97. The lowest BCUT2D eigenvalue weighted by Crippen LogP contribution is -2.37. The molecule has 0 radical (unpaired) electrons. The van der Waals surface area contributed by atoms with E-state index < -0.39 is 5.97 Å². The third-order valence-corrected chi connectivity index (χ3v) is 4.43. The number of benzene rings is 1. The summed E-state index contributed by atoms with van der Waals surface area (Å²) in [6.45, 7) is 2.30. The Hall–Kier alpha value is -1.55. The first kappa shape index (κ1) is 15.8. The van der Waals surface area contributed by atoms with E-state index in [-0.39, 0.29) is 17.7 Å². The Morgan fingerprint density at radius 2 is 2.05 bits per heavy atom. The topological polar surface area (TPSA) is 66.4 Å². The fourth-order valence-electron chi connectivity index (χ4n) is 2.90. The van der Waals surface area contributed by atoms with E-state index in [1.807, 2.05) is 13.0 Å². The highest BCUT2D eigenvalue weighted by atomic mass is 35.5. The molecule has 0 spiro atoms. The van der Waals surface area contributed by atoms with E-state index in [1.165, 1.54) is 0 Å². The summed E-state index contributed by atoms with van der Waals surface area (Å²) in [4.78, 5) is 23.4. The fourth-order valence-corrected chi connectivity index (χ4v) is 3.22. The van der Waals surface area contributed by atoms with E-state index in [0.717, 1.165) is 24.8 Å². The lowest BCUT2D eigenvalue weighted by atomic mass is 9.79. The highest BCUT2D eigenvalue weighted by Gasteiger charge is 2.30. The molecule has 0 aliphatic heterocycles. The lowest BCUT2D eigenvalue weighted by Gasteiger charge is -2.28. The molecule has 2 unspecified atom stereocenters. The van der Waals surface area contributed by atoms with Crippen molar-refractivity contribution in [3.05, 3.63) is 34.3 Å². The molecule has 5 heteroatoms. The SMILES string of the molecule is Cc1ccc(C(=O)NCC2CCCCC2C(=O)O)c(Cl)c1. The number of carboxylic acids is 1. The van der Waals surface area contributed by atoms with Crippen molar-refractivity contribution in [1.29, 1.82) is 0 Å². The van der Waals surface area contributed by atoms with Gasteiger partial charge in [-0.2, -0.15) is 0 Å². The van der Waals surface area contributed by atoms with Crippen LogP contribution in [-0.4, -0.2) is 23.5 Å². The van der Waals surface area contributed by atoms with Crippen LogP contribution in [0.5, 0.6) is 0 Å². The molecule has 2 atom stereocenters. The molecule has 2 N–H and O–H groups in total. The summed E-state index contributed by atoms with van der Waals surface area (Å²) in [6, 6.07) is 5.28. The number of halogens is 1. The second kappa shape index (κ2) is 6.94. The van der Waals surface area contributed by atoms with Gasteiger partial charge in [-0.3, -0.25) is 9.59 Å². The number of carbonyl (C=O) groups is 2. The van der Waals surface area contributed by atoms with Gasteiger partial charge in [0.15, 0.2) is 0 Å². The van der Waals surface area contributed by atoms with Gasteiger partial charge in [0.1, 0.15) is 0 Å². The number of carbonyl (C=O) groups excluding carboxylic acids is 1. The van der Waals surface area contributed by atoms with Crippen LogP contribution >= 0.6 is 11.6 Å². The summed E-state index contributed by atoms with van der Waals surface area (Å²) >= 11 is 6.07. The first-order chi connectivity index (χ1) is 9.99. The summed E-state index contributed by atoms with van der Waals surface area (Å²) in [7, 11) is 0. The number of amides is 1. The van der Waals surface area contributed by atoms with Gasteiger partial charge in [-0.05, 0) is 43.4 Å². The van der Waals surface area contributed by atoms with Gasteiger partial charge < -0.3 is 10.4 Å². The highest BCUT2D eigenvalue weighted by molar-refractivity contribution is 6.33. The lowest BCUT2D eigenvalue weighted by molar-refractivity contribution is -0.144. The van der Waals surface area contributed by atoms with E-state index in [9.17, 15) is 14.7 Å². The second-order valence-electron chi connectivity index (χ2n) is 5.68. The molecule has 1 amide bonds. The fraction of sp³-hybridized carbons (Fsp3) is 0.500. The van der Waals surface area contributed by atoms with Crippen molar-refractivity contribution < 1.29 is 14.7 Å². The quantitative estimate of drug-likeness (QED) is 0.897. The molecule has 1 aliphatic rings. The predicted molar refractivity (Wildman–Crippen MR) is 81.6 cm³/mol. The first-order valence-corrected chi connectivity index (χ1v) is 7.64. The molecule has 2 rings (SSSR count). The van der Waals surface area contributed by atoms with Crippen molar-refractivity contribution in [2.24, 2.45) is 11.8 Å². The number of carboxylic acid groups (broad SMARTS) is 1. The van der Waals surface area contributed by atoms with Gasteiger partial charge in [0.2, 0.25) is 0 Å². The Labute approximate surface area is 129 Å². The van der Waals surface area contributed by atoms with E-state index in [0.29, 0.717) is 23.6 Å². The van der Waals surface area contributed by atoms with Gasteiger partial charge >= 0.3 is 5.97 Å². The summed E-state index contributed by atoms with van der Waals surface area (Å²) in [5.74, 6) is -1.35. The minimum Gasteiger partial charge on any atom is -0.481 e. The molecule has 0 saturated heterocycles. The van der Waals surface area contributed by atoms with Crippen LogP contribution in [0.1, 0.15) is 41.6 Å². The van der Waals surface area contributed by atoms with Crippen molar-refractivity contribution in [2.75, 3.05) is 6.54 Å². The number of aryl methyl sites for hydroxylation is 1. The minimum absolute atomic E-state index is 0.00410. The van der Waals surface area contributed by atoms with Gasteiger partial charge in [0, 0.05) is 6.54 Å². The molecular formula is C16H20ClNO3. The van der Waals surface area contributed by atoms with Crippen LogP contribution in [0.2, 0.25) is 5.02 Å². The summed E-state index contributed by atoms with van der Waals surface area (Å²) < 4.78 is 0. The van der Waals surface area contributed by atoms with Crippen LogP contribution in [0.3, 0.4) is 0 Å². The zero-order chi connectivity index (χ0) is 15.4. The molecule has 1 aromatic rings. The van der Waals surface area contributed by atoms with Crippen LogP contribution in [0.25, 0.3) is 0 Å². The number of hydrogen-bond acceptors (Lipinski definition) is 2. The Morgan fingerprint density at radius 1 is 1.33 bits per heavy atom. The molecule has 4 nitrogen and oxygen atoms in total. The molecule has 114 valence electrons. The standard InChI is InChI=1S/C16H20ClNO3/c1-10-6-7-13(14(17)8-10)15(19)18-9-11-4-2-3-5-12(11)16(20)21/h6-8,11-12H,2-5,9H2,1H3,(H,18,19)(H,20,21). The van der Waals surface area contributed by atoms with Crippen LogP contribution in [0.4, 0.5) is 0 Å². The molecular weight excluding hydrogens is 290 g/mol. The maximum Gasteiger partial charge on any atom is 0.306 e. The van der Waals surface area contributed by atoms with Crippen molar-refractivity contribution in [3.8, 4) is 0 Å². The number of nitrogens with one attached hydrogen (secondary N) is 1. The Balaban J connectivity index is 1.98. The van der Waals surface area contributed by atoms with Gasteiger partial charge in [0.05, 0.1) is 16.5 Å². The average Bonchev–Trinajstić information content (AvgIpc) is 2.45. The number of aliphatic carboxylic acids is 1. The number of hydrogen-bond donors (Lipinski definition) is 2. The van der Waals surface area contributed by atoms with E-state index in [2.05, 4.69) is 5.32 Å². The summed E-state index contributed by atoms with van der Waals surface area (Å²) in [5, 5.41) is 12.5. The minimum atomic E-state index is -0.762. The first-order valence-electron chi connectivity index (χ1n) is 7.26. The molecule has 1 aromatic carbocycles. The van der Waals surface area contributed by atoms with Gasteiger partial charge in [-0.1, -0.05) is 30.5 Å². The van der Waals surface area contributed by atoms with Crippen molar-refractivity contribution in [1.82, 2.24) is 5.32 Å². The van der Waals surface area contributed by atoms with Crippen molar-refractivity contribution >= 4 is 23.5 Å². The molecule has 1 aliphatic carbocycles. The largest absolute Gasteiger partial charge is 0.481 e. The van der Waals surface area contributed by atoms with Crippen molar-refractivity contribution in [2.45, 2.75) is 32.6 Å². The van der Waals surface area contributed by atoms with Crippen molar-refractivity contribution in [3.63, 3.8) is 0 Å². The van der Waals surface area contributed by atoms with Gasteiger partial charge in [-0.25, -0.2) is 0 Å². The van der Waals surface area contributed by atoms with Crippen LogP contribution in [0, 0.1) is 18.8 Å². The molecule has 1 fully saturated rings. The maximum atomic E-state index is 12.2. The van der Waals surface area contributed by atoms with Gasteiger partial charge in [0.25, 0.3) is 5.91 Å². The predicted octanol–water partition coefficient (Wildman–Crippen LogP) is 3.27. The normalized spacial score (nSPS) is 21.8. The highest BCUT2D eigenvalue weighted by Crippen LogP contribution is 2.30. The molecule has 1 saturated carbocycles. The zero-order valence-electron chi connectivity index (χ0n) is 12.1. The van der Waals surface area contributed by atoms with Crippen LogP contribution in [-0.2, 0) is 4.79 Å². The summed E-state index contributed by atoms with van der Waals surface area (Å²) in [6.07, 6.45) is 3.51. The van der Waals surface area contributed by atoms with Crippen LogP contribution < -0.4 is 5.32 Å². The molecule has 21 heavy (non-hydrogen) atoms. The monoisotopic (exact) mass is 309 g/mol. The second-order valence-corrected chi connectivity index (χ2v) is 6.09. The van der Waals surface area contributed by atoms with E-state index in [1.54, 1.807) is 12.1 Å². The maximum absolute atomic E-state index is 12.2. The third-order valence-electron chi connectivity index (χ3n) is 4.12. The van der Waals surface area contributed by atoms with E-state index >= 15 is 0 Å². The van der Waals surface area contributed by atoms with E-state index in [4.69, 9.17) is 11.6 Å². The van der Waals surface area contributed by atoms with Crippen LogP contribution in [0.15, 0.2) is 18.2 Å². The molecule has 0 aromatic heterocycles. The molecule has 0 heterocycles. The number of rotatable bonds is 4. The van der Waals surface area contributed by atoms with Gasteiger partial charge in [-0.15, -0.1) is 0 Å². The Kier molecular flexibility index (Phi) is 5.23. The summed E-state index contributed by atoms with van der Waals surface area (Å²) in [5.41, 5.74) is 1.43. The average molecular weight is 310 g/mol.